The highest BCUT2D eigenvalue weighted by molar-refractivity contribution is 6.00. The first-order valence-corrected chi connectivity index (χ1v) is 6.38. The minimum atomic E-state index is -0.890. The number of amides is 1. The largest absolute Gasteiger partial charge is 0.481 e. The molecule has 1 heterocycles. The monoisotopic (exact) mass is 263 g/mol. The van der Waals surface area contributed by atoms with Crippen LogP contribution in [0.3, 0.4) is 0 Å². The van der Waals surface area contributed by atoms with Gasteiger partial charge in [-0.05, 0) is 47.9 Å². The van der Waals surface area contributed by atoms with Crippen LogP contribution in [0.2, 0.25) is 0 Å². The van der Waals surface area contributed by atoms with E-state index < -0.39 is 11.8 Å². The van der Waals surface area contributed by atoms with Gasteiger partial charge in [0.15, 0.2) is 0 Å². The molecular formula is C14H14FNO3. The van der Waals surface area contributed by atoms with E-state index in [0.29, 0.717) is 22.7 Å². The fourth-order valence-electron chi connectivity index (χ4n) is 2.84. The van der Waals surface area contributed by atoms with Gasteiger partial charge < -0.3 is 10.4 Å². The second-order valence-corrected chi connectivity index (χ2v) is 5.30. The van der Waals surface area contributed by atoms with Crippen LogP contribution in [-0.4, -0.2) is 17.0 Å². The van der Waals surface area contributed by atoms with Crippen LogP contribution in [0, 0.1) is 11.7 Å². The second kappa shape index (κ2) is 4.33. The maximum absolute atomic E-state index is 13.6. The topological polar surface area (TPSA) is 66.4 Å². The molecule has 0 bridgehead atoms. The summed E-state index contributed by atoms with van der Waals surface area (Å²) in [5.74, 6) is -1.37. The van der Waals surface area contributed by atoms with Crippen LogP contribution in [0.5, 0.6) is 0 Å². The van der Waals surface area contributed by atoms with Crippen LogP contribution < -0.4 is 5.32 Å². The molecule has 1 saturated carbocycles. The Kier molecular flexibility index (Phi) is 2.77. The highest BCUT2D eigenvalue weighted by atomic mass is 19.1. The molecule has 0 aromatic heterocycles. The molecule has 1 aromatic carbocycles. The number of nitrogens with one attached hydrogen (secondary N) is 1. The van der Waals surface area contributed by atoms with Crippen molar-refractivity contribution in [3.8, 4) is 0 Å². The Labute approximate surface area is 109 Å². The maximum atomic E-state index is 13.6. The first-order valence-electron chi connectivity index (χ1n) is 6.38. The number of benzene rings is 1. The summed E-state index contributed by atoms with van der Waals surface area (Å²) in [5.41, 5.74) is 1.91. The summed E-state index contributed by atoms with van der Waals surface area (Å²) >= 11 is 0. The molecule has 1 unspecified atom stereocenters. The van der Waals surface area contributed by atoms with E-state index in [2.05, 4.69) is 5.32 Å². The Morgan fingerprint density at radius 2 is 2.21 bits per heavy atom. The number of halogens is 1. The summed E-state index contributed by atoms with van der Waals surface area (Å²) in [5, 5.41) is 11.7. The van der Waals surface area contributed by atoms with Crippen molar-refractivity contribution in [3.63, 3.8) is 0 Å². The SMILES string of the molecule is O=C(O)CC(c1cc(F)cc2c1NC(=O)C2)C1CC1. The lowest BCUT2D eigenvalue weighted by Gasteiger charge is -2.18. The van der Waals surface area contributed by atoms with Gasteiger partial charge in [-0.2, -0.15) is 0 Å². The minimum Gasteiger partial charge on any atom is -0.481 e. The summed E-state index contributed by atoms with van der Waals surface area (Å²) in [7, 11) is 0. The van der Waals surface area contributed by atoms with Gasteiger partial charge in [-0.1, -0.05) is 0 Å². The molecule has 0 spiro atoms. The van der Waals surface area contributed by atoms with E-state index in [1.807, 2.05) is 0 Å². The third-order valence-corrected chi connectivity index (χ3v) is 3.82. The molecule has 5 heteroatoms. The molecule has 1 aliphatic carbocycles. The zero-order chi connectivity index (χ0) is 13.6. The Hall–Kier alpha value is -1.91. The van der Waals surface area contributed by atoms with Crippen LogP contribution in [0.25, 0.3) is 0 Å². The summed E-state index contributed by atoms with van der Waals surface area (Å²) < 4.78 is 13.6. The third kappa shape index (κ3) is 2.32. The number of carbonyl (C=O) groups excluding carboxylic acids is 1. The number of anilines is 1. The zero-order valence-corrected chi connectivity index (χ0v) is 10.3. The highest BCUT2D eigenvalue weighted by Crippen LogP contribution is 2.48. The maximum Gasteiger partial charge on any atom is 0.303 e. The number of fused-ring (bicyclic) bond motifs is 1. The van der Waals surface area contributed by atoms with Crippen molar-refractivity contribution in [2.24, 2.45) is 5.92 Å². The van der Waals surface area contributed by atoms with Crippen LogP contribution in [-0.2, 0) is 16.0 Å². The average Bonchev–Trinajstić information content (AvgIpc) is 3.07. The molecule has 0 radical (unpaired) electrons. The molecule has 2 aliphatic rings. The van der Waals surface area contributed by atoms with E-state index in [1.54, 1.807) is 0 Å². The predicted octanol–water partition coefficient (Wildman–Crippen LogP) is 2.29. The van der Waals surface area contributed by atoms with Crippen molar-refractivity contribution in [2.45, 2.75) is 31.6 Å². The fourth-order valence-corrected chi connectivity index (χ4v) is 2.84. The lowest BCUT2D eigenvalue weighted by molar-refractivity contribution is -0.137. The normalized spacial score (nSPS) is 18.9. The lowest BCUT2D eigenvalue weighted by Crippen LogP contribution is -2.12. The van der Waals surface area contributed by atoms with Crippen molar-refractivity contribution in [3.05, 3.63) is 29.1 Å². The molecule has 1 atom stereocenters. The van der Waals surface area contributed by atoms with Gasteiger partial charge >= 0.3 is 5.97 Å². The molecule has 3 rings (SSSR count). The van der Waals surface area contributed by atoms with Gasteiger partial charge in [-0.3, -0.25) is 9.59 Å². The summed E-state index contributed by atoms with van der Waals surface area (Å²) in [4.78, 5) is 22.4. The average molecular weight is 263 g/mol. The van der Waals surface area contributed by atoms with Crippen LogP contribution >= 0.6 is 0 Å². The number of hydrogen-bond acceptors (Lipinski definition) is 2. The summed E-state index contributed by atoms with van der Waals surface area (Å²) in [6.07, 6.45) is 2.09. The number of hydrogen-bond donors (Lipinski definition) is 2. The van der Waals surface area contributed by atoms with Gasteiger partial charge in [0.05, 0.1) is 12.8 Å². The Balaban J connectivity index is 2.03. The van der Waals surface area contributed by atoms with Gasteiger partial charge in [-0.15, -0.1) is 0 Å². The van der Waals surface area contributed by atoms with E-state index in [9.17, 15) is 14.0 Å². The zero-order valence-electron chi connectivity index (χ0n) is 10.3. The van der Waals surface area contributed by atoms with Crippen molar-refractivity contribution in [1.29, 1.82) is 0 Å². The van der Waals surface area contributed by atoms with Gasteiger partial charge in [0.25, 0.3) is 0 Å². The first-order chi connectivity index (χ1) is 9.04. The number of carboxylic acids is 1. The summed E-state index contributed by atoms with van der Waals surface area (Å²) in [6, 6.07) is 2.72. The number of rotatable bonds is 4. The van der Waals surface area contributed by atoms with Gasteiger partial charge in [0, 0.05) is 5.69 Å². The molecule has 1 amide bonds. The van der Waals surface area contributed by atoms with E-state index in [0.717, 1.165) is 12.8 Å². The quantitative estimate of drug-likeness (QED) is 0.875. The van der Waals surface area contributed by atoms with E-state index in [-0.39, 0.29) is 24.7 Å². The van der Waals surface area contributed by atoms with Crippen molar-refractivity contribution < 1.29 is 19.1 Å². The van der Waals surface area contributed by atoms with Crippen molar-refractivity contribution >= 4 is 17.6 Å². The predicted molar refractivity (Wildman–Crippen MR) is 66.5 cm³/mol. The second-order valence-electron chi connectivity index (χ2n) is 5.30. The molecule has 1 fully saturated rings. The molecule has 4 nitrogen and oxygen atoms in total. The Morgan fingerprint density at radius 1 is 1.47 bits per heavy atom. The summed E-state index contributed by atoms with van der Waals surface area (Å²) in [6.45, 7) is 0. The van der Waals surface area contributed by atoms with Crippen LogP contribution in [0.15, 0.2) is 12.1 Å². The van der Waals surface area contributed by atoms with Gasteiger partial charge in [0.2, 0.25) is 5.91 Å². The van der Waals surface area contributed by atoms with Gasteiger partial charge in [-0.25, -0.2) is 4.39 Å². The van der Waals surface area contributed by atoms with Gasteiger partial charge in [0.1, 0.15) is 5.82 Å². The molecule has 19 heavy (non-hydrogen) atoms. The molecular weight excluding hydrogens is 249 g/mol. The third-order valence-electron chi connectivity index (χ3n) is 3.82. The van der Waals surface area contributed by atoms with Crippen molar-refractivity contribution in [2.75, 3.05) is 5.32 Å². The molecule has 1 aliphatic heterocycles. The first kappa shape index (κ1) is 12.1. The molecule has 0 saturated heterocycles. The Bertz CT molecular complexity index is 566. The van der Waals surface area contributed by atoms with Crippen LogP contribution in [0.1, 0.15) is 36.3 Å². The number of carboxylic acid groups (broad SMARTS) is 1. The highest BCUT2D eigenvalue weighted by Gasteiger charge is 2.37. The number of carbonyl (C=O) groups is 2. The smallest absolute Gasteiger partial charge is 0.303 e. The van der Waals surface area contributed by atoms with E-state index in [4.69, 9.17) is 5.11 Å². The molecule has 1 aromatic rings. The Morgan fingerprint density at radius 3 is 2.84 bits per heavy atom. The standard InChI is InChI=1S/C14H14FNO3/c15-9-3-8-4-12(17)16-14(8)11(5-9)10(6-13(18)19)7-1-2-7/h3,5,7,10H,1-2,4,6H2,(H,16,17)(H,18,19). The minimum absolute atomic E-state index is 0.0174. The molecule has 100 valence electrons. The fraction of sp³-hybridized carbons (Fsp3) is 0.429. The van der Waals surface area contributed by atoms with Crippen molar-refractivity contribution in [1.82, 2.24) is 0 Å². The lowest BCUT2D eigenvalue weighted by atomic mass is 9.88. The van der Waals surface area contributed by atoms with E-state index in [1.165, 1.54) is 12.1 Å². The number of aliphatic carboxylic acids is 1. The molecule has 2 N–H and O–H groups in total. The van der Waals surface area contributed by atoms with Crippen LogP contribution in [0.4, 0.5) is 10.1 Å². The van der Waals surface area contributed by atoms with E-state index >= 15 is 0 Å².